The maximum atomic E-state index is 6.02. The van der Waals surface area contributed by atoms with Gasteiger partial charge in [0.25, 0.3) is 0 Å². The molecule has 118 valence electrons. The van der Waals surface area contributed by atoms with Crippen LogP contribution >= 0.6 is 0 Å². The van der Waals surface area contributed by atoms with Crippen molar-refractivity contribution in [1.29, 1.82) is 0 Å². The SMILES string of the molecule is Cc1ccccc1[Si](C)(C)COCCc1cccc(CN)c1. The van der Waals surface area contributed by atoms with Gasteiger partial charge in [-0.3, -0.25) is 0 Å². The predicted molar refractivity (Wildman–Crippen MR) is 97.2 cm³/mol. The molecule has 0 saturated heterocycles. The van der Waals surface area contributed by atoms with E-state index in [0.717, 1.165) is 19.3 Å². The van der Waals surface area contributed by atoms with Crippen molar-refractivity contribution in [3.63, 3.8) is 0 Å². The van der Waals surface area contributed by atoms with Gasteiger partial charge in [0.1, 0.15) is 8.07 Å². The first-order valence-electron chi connectivity index (χ1n) is 7.94. The molecule has 0 aromatic heterocycles. The smallest absolute Gasteiger partial charge is 0.110 e. The molecule has 0 aliphatic rings. The van der Waals surface area contributed by atoms with E-state index in [2.05, 4.69) is 68.5 Å². The number of hydrogen-bond acceptors (Lipinski definition) is 2. The molecule has 0 heterocycles. The van der Waals surface area contributed by atoms with Crippen molar-refractivity contribution in [2.24, 2.45) is 5.73 Å². The summed E-state index contributed by atoms with van der Waals surface area (Å²) >= 11 is 0. The fraction of sp³-hybridized carbons (Fsp3) is 0.368. The van der Waals surface area contributed by atoms with Gasteiger partial charge in [0.05, 0.1) is 6.61 Å². The molecule has 22 heavy (non-hydrogen) atoms. The van der Waals surface area contributed by atoms with E-state index in [1.165, 1.54) is 21.9 Å². The first-order valence-corrected chi connectivity index (χ1v) is 11.2. The van der Waals surface area contributed by atoms with Crippen molar-refractivity contribution in [2.45, 2.75) is 33.0 Å². The molecule has 2 rings (SSSR count). The van der Waals surface area contributed by atoms with Gasteiger partial charge in [-0.1, -0.05) is 72.4 Å². The van der Waals surface area contributed by atoms with E-state index in [9.17, 15) is 0 Å². The lowest BCUT2D eigenvalue weighted by Gasteiger charge is -2.24. The summed E-state index contributed by atoms with van der Waals surface area (Å²) in [7, 11) is -1.52. The number of benzene rings is 2. The van der Waals surface area contributed by atoms with Crippen LogP contribution in [0.2, 0.25) is 13.1 Å². The Labute approximate surface area is 135 Å². The van der Waals surface area contributed by atoms with E-state index in [1.807, 2.05) is 0 Å². The molecule has 3 heteroatoms. The minimum Gasteiger partial charge on any atom is -0.384 e. The van der Waals surface area contributed by atoms with Crippen molar-refractivity contribution in [3.8, 4) is 0 Å². The summed E-state index contributed by atoms with van der Waals surface area (Å²) in [5, 5.41) is 1.50. The van der Waals surface area contributed by atoms with Crippen LogP contribution in [-0.4, -0.2) is 20.9 Å². The maximum Gasteiger partial charge on any atom is 0.110 e. The summed E-state index contributed by atoms with van der Waals surface area (Å²) in [6.07, 6.45) is 1.82. The van der Waals surface area contributed by atoms with Crippen molar-refractivity contribution in [3.05, 3.63) is 65.2 Å². The van der Waals surface area contributed by atoms with Gasteiger partial charge in [-0.15, -0.1) is 0 Å². The lowest BCUT2D eigenvalue weighted by molar-refractivity contribution is 0.177. The topological polar surface area (TPSA) is 35.2 Å². The summed E-state index contributed by atoms with van der Waals surface area (Å²) in [5.41, 5.74) is 9.56. The van der Waals surface area contributed by atoms with Crippen LogP contribution in [0.25, 0.3) is 0 Å². The first-order chi connectivity index (χ1) is 10.5. The van der Waals surface area contributed by atoms with Crippen molar-refractivity contribution >= 4 is 13.3 Å². The Morgan fingerprint density at radius 3 is 2.45 bits per heavy atom. The third-order valence-electron chi connectivity index (χ3n) is 4.10. The average molecular weight is 314 g/mol. The zero-order valence-electron chi connectivity index (χ0n) is 13.9. The fourth-order valence-corrected chi connectivity index (χ4v) is 5.35. The Morgan fingerprint density at radius 1 is 1.00 bits per heavy atom. The standard InChI is InChI=1S/C19H27NOSi/c1-16-7-4-5-10-19(16)22(2,3)15-21-12-11-17-8-6-9-18(13-17)14-20/h4-10,13H,11-12,14-15,20H2,1-3H3. The van der Waals surface area contributed by atoms with E-state index in [0.29, 0.717) is 6.54 Å². The molecule has 0 aliphatic carbocycles. The second-order valence-electron chi connectivity index (χ2n) is 6.53. The van der Waals surface area contributed by atoms with Crippen molar-refractivity contribution < 1.29 is 4.74 Å². The average Bonchev–Trinajstić information content (AvgIpc) is 2.52. The highest BCUT2D eigenvalue weighted by Gasteiger charge is 2.25. The van der Waals surface area contributed by atoms with Crippen molar-refractivity contribution in [1.82, 2.24) is 0 Å². The number of hydrogen-bond donors (Lipinski definition) is 1. The third kappa shape index (κ3) is 4.53. The number of ether oxygens (including phenoxy) is 1. The molecule has 2 aromatic carbocycles. The van der Waals surface area contributed by atoms with Gasteiger partial charge >= 0.3 is 0 Å². The van der Waals surface area contributed by atoms with Crippen LogP contribution in [0, 0.1) is 6.92 Å². The number of rotatable bonds is 7. The molecular weight excluding hydrogens is 286 g/mol. The van der Waals surface area contributed by atoms with Gasteiger partial charge < -0.3 is 10.5 Å². The molecule has 0 aliphatic heterocycles. The summed E-state index contributed by atoms with van der Waals surface area (Å²) < 4.78 is 6.02. The van der Waals surface area contributed by atoms with Crippen LogP contribution in [0.3, 0.4) is 0 Å². The van der Waals surface area contributed by atoms with E-state index in [-0.39, 0.29) is 0 Å². The Kier molecular flexibility index (Phi) is 5.95. The second kappa shape index (κ2) is 7.72. The molecular formula is C19H27NOSi. The highest BCUT2D eigenvalue weighted by atomic mass is 28.3. The molecule has 0 fully saturated rings. The zero-order chi connectivity index (χ0) is 16.0. The second-order valence-corrected chi connectivity index (χ2v) is 11.1. The largest absolute Gasteiger partial charge is 0.384 e. The minimum absolute atomic E-state index is 0.599. The molecule has 0 unspecified atom stereocenters. The zero-order valence-corrected chi connectivity index (χ0v) is 14.9. The first kappa shape index (κ1) is 16.9. The number of nitrogens with two attached hydrogens (primary N) is 1. The maximum absolute atomic E-state index is 6.02. The fourth-order valence-electron chi connectivity index (χ4n) is 2.84. The van der Waals surface area contributed by atoms with Crippen LogP contribution in [0.15, 0.2) is 48.5 Å². The van der Waals surface area contributed by atoms with Crippen LogP contribution in [-0.2, 0) is 17.7 Å². The van der Waals surface area contributed by atoms with E-state index < -0.39 is 8.07 Å². The van der Waals surface area contributed by atoms with Gasteiger partial charge in [-0.05, 0) is 24.5 Å². The lowest BCUT2D eigenvalue weighted by atomic mass is 10.1. The predicted octanol–water partition coefficient (Wildman–Crippen LogP) is 3.17. The summed E-state index contributed by atoms with van der Waals surface area (Å²) in [5.74, 6) is 0. The Hall–Kier alpha value is -1.42. The summed E-state index contributed by atoms with van der Waals surface area (Å²) in [4.78, 5) is 0. The third-order valence-corrected chi connectivity index (χ3v) is 7.04. The van der Waals surface area contributed by atoms with Crippen LogP contribution in [0.1, 0.15) is 16.7 Å². The molecule has 0 atom stereocenters. The number of aryl methyl sites for hydroxylation is 1. The molecule has 0 saturated carbocycles. The Balaban J connectivity index is 1.86. The van der Waals surface area contributed by atoms with E-state index in [1.54, 1.807) is 0 Å². The molecule has 2 aromatic rings. The summed E-state index contributed by atoms with van der Waals surface area (Å²) in [6.45, 7) is 8.33. The van der Waals surface area contributed by atoms with E-state index in [4.69, 9.17) is 10.5 Å². The van der Waals surface area contributed by atoms with Gasteiger partial charge in [0.15, 0.2) is 0 Å². The molecule has 2 N–H and O–H groups in total. The molecule has 0 radical (unpaired) electrons. The summed E-state index contributed by atoms with van der Waals surface area (Å²) in [6, 6.07) is 17.2. The van der Waals surface area contributed by atoms with E-state index >= 15 is 0 Å². The molecule has 0 spiro atoms. The Bertz CT molecular complexity index is 610. The van der Waals surface area contributed by atoms with Crippen LogP contribution in [0.4, 0.5) is 0 Å². The Morgan fingerprint density at radius 2 is 1.73 bits per heavy atom. The van der Waals surface area contributed by atoms with Gasteiger partial charge in [-0.2, -0.15) is 0 Å². The van der Waals surface area contributed by atoms with Gasteiger partial charge in [0, 0.05) is 12.8 Å². The van der Waals surface area contributed by atoms with Gasteiger partial charge in [0.2, 0.25) is 0 Å². The van der Waals surface area contributed by atoms with Gasteiger partial charge in [-0.25, -0.2) is 0 Å². The highest BCUT2D eigenvalue weighted by Crippen LogP contribution is 2.09. The minimum atomic E-state index is -1.52. The quantitative estimate of drug-likeness (QED) is 0.629. The van der Waals surface area contributed by atoms with Crippen molar-refractivity contribution in [2.75, 3.05) is 12.8 Å². The van der Waals surface area contributed by atoms with Crippen LogP contribution in [0.5, 0.6) is 0 Å². The van der Waals surface area contributed by atoms with Crippen LogP contribution < -0.4 is 10.9 Å². The monoisotopic (exact) mass is 313 g/mol. The lowest BCUT2D eigenvalue weighted by Crippen LogP contribution is -2.47. The normalized spacial score (nSPS) is 11.6. The molecule has 0 amide bonds. The highest BCUT2D eigenvalue weighted by molar-refractivity contribution is 6.90. The molecule has 2 nitrogen and oxygen atoms in total. The molecule has 0 bridgehead atoms.